The van der Waals surface area contributed by atoms with Crippen molar-refractivity contribution in [1.82, 2.24) is 10.6 Å². The molecule has 7 heteroatoms. The topological polar surface area (TPSA) is 73.3 Å². The van der Waals surface area contributed by atoms with Crippen molar-refractivity contribution in [1.29, 1.82) is 0 Å². The summed E-state index contributed by atoms with van der Waals surface area (Å²) in [4.78, 5) is 4.24. The summed E-state index contributed by atoms with van der Waals surface area (Å²) in [6.07, 6.45) is 0.740. The molecule has 0 radical (unpaired) electrons. The van der Waals surface area contributed by atoms with Crippen LogP contribution in [0.4, 0.5) is 0 Å². The first kappa shape index (κ1) is 22.2. The Morgan fingerprint density at radius 2 is 1.55 bits per heavy atom. The molecule has 0 heterocycles. The van der Waals surface area contributed by atoms with Crippen LogP contribution in [0.25, 0.3) is 0 Å². The van der Waals surface area contributed by atoms with Gasteiger partial charge in [0.15, 0.2) is 17.5 Å². The van der Waals surface area contributed by atoms with E-state index in [1.165, 1.54) is 5.56 Å². The minimum absolute atomic E-state index is 0.549. The Hall–Kier alpha value is -3.09. The molecule has 0 saturated heterocycles. The second-order valence-electron chi connectivity index (χ2n) is 6.33. The predicted molar refractivity (Wildman–Crippen MR) is 116 cm³/mol. The third-order valence-corrected chi connectivity index (χ3v) is 4.38. The number of aryl methyl sites for hydroxylation is 1. The van der Waals surface area contributed by atoms with Crippen LogP contribution in [0.3, 0.4) is 0 Å². The summed E-state index contributed by atoms with van der Waals surface area (Å²) in [7, 11) is 6.58. The van der Waals surface area contributed by atoms with Gasteiger partial charge in [-0.2, -0.15) is 0 Å². The number of guanidine groups is 1. The molecule has 0 aliphatic rings. The van der Waals surface area contributed by atoms with Gasteiger partial charge in [0.25, 0.3) is 0 Å². The molecule has 0 aliphatic carbocycles. The molecule has 7 nitrogen and oxygen atoms in total. The summed E-state index contributed by atoms with van der Waals surface area (Å²) < 4.78 is 22.0. The standard InChI is InChI=1S/C22H31N3O4/c1-16-6-9-18(10-7-16)29-15-14-25-22(23-2)24-13-12-17-8-11-19(26-3)21(28-5)20(17)27-4/h6-11H,12-15H2,1-5H3,(H2,23,24,25). The van der Waals surface area contributed by atoms with E-state index in [4.69, 9.17) is 18.9 Å². The molecule has 0 amide bonds. The molecule has 0 spiro atoms. The van der Waals surface area contributed by atoms with E-state index < -0.39 is 0 Å². The van der Waals surface area contributed by atoms with Crippen LogP contribution in [-0.2, 0) is 6.42 Å². The Morgan fingerprint density at radius 1 is 0.862 bits per heavy atom. The van der Waals surface area contributed by atoms with Gasteiger partial charge in [0.05, 0.1) is 27.9 Å². The fraction of sp³-hybridized carbons (Fsp3) is 0.409. The van der Waals surface area contributed by atoms with Gasteiger partial charge in [-0.1, -0.05) is 23.8 Å². The highest BCUT2D eigenvalue weighted by atomic mass is 16.5. The maximum absolute atomic E-state index is 5.72. The number of methoxy groups -OCH3 is 3. The van der Waals surface area contributed by atoms with Crippen LogP contribution in [0.15, 0.2) is 41.4 Å². The van der Waals surface area contributed by atoms with Crippen molar-refractivity contribution in [3.05, 3.63) is 47.5 Å². The molecule has 0 bridgehead atoms. The van der Waals surface area contributed by atoms with Gasteiger partial charge in [-0.3, -0.25) is 4.99 Å². The molecule has 2 aromatic rings. The molecule has 0 aromatic heterocycles. The first-order valence-electron chi connectivity index (χ1n) is 9.54. The Morgan fingerprint density at radius 3 is 2.17 bits per heavy atom. The number of nitrogens with one attached hydrogen (secondary N) is 2. The van der Waals surface area contributed by atoms with Crippen molar-refractivity contribution < 1.29 is 18.9 Å². The monoisotopic (exact) mass is 401 g/mol. The van der Waals surface area contributed by atoms with E-state index in [9.17, 15) is 0 Å². The molecular weight excluding hydrogens is 370 g/mol. The average Bonchev–Trinajstić information content (AvgIpc) is 2.75. The number of rotatable bonds is 10. The van der Waals surface area contributed by atoms with Gasteiger partial charge in [-0.25, -0.2) is 0 Å². The number of benzene rings is 2. The van der Waals surface area contributed by atoms with Crippen LogP contribution in [0, 0.1) is 6.92 Å². The molecule has 0 atom stereocenters. The van der Waals surface area contributed by atoms with Gasteiger partial charge >= 0.3 is 0 Å². The third-order valence-electron chi connectivity index (χ3n) is 4.38. The average molecular weight is 402 g/mol. The molecule has 2 rings (SSSR count). The van der Waals surface area contributed by atoms with Crippen LogP contribution in [-0.4, -0.2) is 54.0 Å². The number of hydrogen-bond acceptors (Lipinski definition) is 5. The van der Waals surface area contributed by atoms with Gasteiger partial charge in [0.1, 0.15) is 12.4 Å². The number of ether oxygens (including phenoxy) is 4. The smallest absolute Gasteiger partial charge is 0.203 e. The molecule has 0 aliphatic heterocycles. The lowest BCUT2D eigenvalue weighted by Crippen LogP contribution is -2.40. The summed E-state index contributed by atoms with van der Waals surface area (Å²) in [5.74, 6) is 3.51. The Labute approximate surface area is 173 Å². The van der Waals surface area contributed by atoms with E-state index in [-0.39, 0.29) is 0 Å². The highest BCUT2D eigenvalue weighted by molar-refractivity contribution is 5.79. The van der Waals surface area contributed by atoms with E-state index >= 15 is 0 Å². The van der Waals surface area contributed by atoms with Gasteiger partial charge in [-0.15, -0.1) is 0 Å². The fourth-order valence-electron chi connectivity index (χ4n) is 2.87. The van der Waals surface area contributed by atoms with E-state index in [2.05, 4.69) is 22.5 Å². The maximum Gasteiger partial charge on any atom is 0.203 e. The van der Waals surface area contributed by atoms with Gasteiger partial charge in [-0.05, 0) is 31.5 Å². The molecule has 2 aromatic carbocycles. The summed E-state index contributed by atoms with van der Waals surface area (Å²) in [5, 5.41) is 6.54. The zero-order chi connectivity index (χ0) is 21.1. The number of nitrogens with zero attached hydrogens (tertiary/aromatic N) is 1. The largest absolute Gasteiger partial charge is 0.493 e. The molecule has 158 valence electrons. The Kier molecular flexibility index (Phi) is 8.95. The van der Waals surface area contributed by atoms with Crippen LogP contribution in [0.2, 0.25) is 0 Å². The van der Waals surface area contributed by atoms with Crippen LogP contribution >= 0.6 is 0 Å². The van der Waals surface area contributed by atoms with Gasteiger partial charge < -0.3 is 29.6 Å². The molecule has 0 fully saturated rings. The van der Waals surface area contributed by atoms with Crippen molar-refractivity contribution in [2.45, 2.75) is 13.3 Å². The van der Waals surface area contributed by atoms with Gasteiger partial charge in [0, 0.05) is 19.2 Å². The van der Waals surface area contributed by atoms with E-state index in [0.717, 1.165) is 23.7 Å². The maximum atomic E-state index is 5.72. The highest BCUT2D eigenvalue weighted by Crippen LogP contribution is 2.39. The van der Waals surface area contributed by atoms with Crippen molar-refractivity contribution in [2.24, 2.45) is 4.99 Å². The molecule has 29 heavy (non-hydrogen) atoms. The minimum Gasteiger partial charge on any atom is -0.493 e. The molecular formula is C22H31N3O4. The summed E-state index contributed by atoms with van der Waals surface area (Å²) in [5.41, 5.74) is 2.24. The third kappa shape index (κ3) is 6.48. The zero-order valence-corrected chi connectivity index (χ0v) is 17.9. The lowest BCUT2D eigenvalue weighted by Gasteiger charge is -2.16. The van der Waals surface area contributed by atoms with Crippen molar-refractivity contribution in [3.63, 3.8) is 0 Å². The van der Waals surface area contributed by atoms with E-state index in [0.29, 0.717) is 36.9 Å². The minimum atomic E-state index is 0.549. The summed E-state index contributed by atoms with van der Waals surface area (Å²) in [6, 6.07) is 11.9. The van der Waals surface area contributed by atoms with Gasteiger partial charge in [0.2, 0.25) is 5.75 Å². The normalized spacial score (nSPS) is 11.0. The first-order valence-corrected chi connectivity index (χ1v) is 9.54. The Bertz CT molecular complexity index is 791. The quantitative estimate of drug-likeness (QED) is 0.362. The lowest BCUT2D eigenvalue weighted by molar-refractivity contribution is 0.321. The summed E-state index contributed by atoms with van der Waals surface area (Å²) >= 11 is 0. The van der Waals surface area contributed by atoms with Crippen molar-refractivity contribution in [3.8, 4) is 23.0 Å². The Balaban J connectivity index is 1.80. The number of aliphatic imine (C=N–C) groups is 1. The number of hydrogen-bond donors (Lipinski definition) is 2. The van der Waals surface area contributed by atoms with Crippen molar-refractivity contribution >= 4 is 5.96 Å². The van der Waals surface area contributed by atoms with Crippen LogP contribution in [0.1, 0.15) is 11.1 Å². The van der Waals surface area contributed by atoms with E-state index in [1.54, 1.807) is 28.4 Å². The van der Waals surface area contributed by atoms with Crippen molar-refractivity contribution in [2.75, 3.05) is 48.1 Å². The highest BCUT2D eigenvalue weighted by Gasteiger charge is 2.15. The SMILES string of the molecule is CN=C(NCCOc1ccc(C)cc1)NCCc1ccc(OC)c(OC)c1OC. The van der Waals surface area contributed by atoms with E-state index in [1.807, 2.05) is 36.4 Å². The molecule has 0 saturated carbocycles. The molecule has 0 unspecified atom stereocenters. The second-order valence-corrected chi connectivity index (χ2v) is 6.33. The zero-order valence-electron chi connectivity index (χ0n) is 17.9. The predicted octanol–water partition coefficient (Wildman–Crippen LogP) is 2.81. The van der Waals surface area contributed by atoms with Crippen LogP contribution < -0.4 is 29.6 Å². The second kappa shape index (κ2) is 11.7. The first-order chi connectivity index (χ1) is 14.1. The fourth-order valence-corrected chi connectivity index (χ4v) is 2.87. The summed E-state index contributed by atoms with van der Waals surface area (Å²) in [6.45, 7) is 3.93. The lowest BCUT2D eigenvalue weighted by atomic mass is 10.1. The molecule has 2 N–H and O–H groups in total. The van der Waals surface area contributed by atoms with Crippen LogP contribution in [0.5, 0.6) is 23.0 Å².